The average molecular weight is 358 g/mol. The standard InChI is InChI=1S/C20H26N2O4/c1-22(13-16-6-5-7-17(10-16)24-2)14-20(23)21-12-15-8-9-18(25-3)19(11-15)26-4/h5-11H,12-14H2,1-4H3,(H,21,23). The molecule has 26 heavy (non-hydrogen) atoms. The second-order valence-electron chi connectivity index (χ2n) is 5.99. The number of methoxy groups -OCH3 is 3. The molecular weight excluding hydrogens is 332 g/mol. The van der Waals surface area contributed by atoms with Gasteiger partial charge in [-0.3, -0.25) is 9.69 Å². The molecule has 0 aromatic heterocycles. The van der Waals surface area contributed by atoms with Gasteiger partial charge >= 0.3 is 0 Å². The van der Waals surface area contributed by atoms with Crippen LogP contribution in [0.5, 0.6) is 17.2 Å². The first-order chi connectivity index (χ1) is 12.5. The molecule has 0 saturated carbocycles. The van der Waals surface area contributed by atoms with Crippen LogP contribution in [-0.4, -0.2) is 45.7 Å². The Morgan fingerprint density at radius 1 is 0.962 bits per heavy atom. The maximum atomic E-state index is 12.2. The molecule has 6 nitrogen and oxygen atoms in total. The second kappa shape index (κ2) is 9.68. The van der Waals surface area contributed by atoms with Crippen molar-refractivity contribution in [3.63, 3.8) is 0 Å². The molecule has 1 amide bonds. The second-order valence-corrected chi connectivity index (χ2v) is 5.99. The summed E-state index contributed by atoms with van der Waals surface area (Å²) in [6.45, 7) is 1.41. The monoisotopic (exact) mass is 358 g/mol. The van der Waals surface area contributed by atoms with Gasteiger partial charge in [0.05, 0.1) is 27.9 Å². The van der Waals surface area contributed by atoms with Crippen molar-refractivity contribution in [2.24, 2.45) is 0 Å². The number of amides is 1. The van der Waals surface area contributed by atoms with Crippen LogP contribution in [0, 0.1) is 0 Å². The summed E-state index contributed by atoms with van der Waals surface area (Å²) < 4.78 is 15.7. The van der Waals surface area contributed by atoms with Gasteiger partial charge in [0.25, 0.3) is 0 Å². The van der Waals surface area contributed by atoms with Gasteiger partial charge in [0, 0.05) is 13.1 Å². The molecule has 2 aromatic carbocycles. The van der Waals surface area contributed by atoms with Crippen LogP contribution < -0.4 is 19.5 Å². The predicted molar refractivity (Wildman–Crippen MR) is 101 cm³/mol. The fraction of sp³-hybridized carbons (Fsp3) is 0.350. The van der Waals surface area contributed by atoms with Gasteiger partial charge in [-0.1, -0.05) is 18.2 Å². The highest BCUT2D eigenvalue weighted by atomic mass is 16.5. The maximum absolute atomic E-state index is 12.2. The van der Waals surface area contributed by atoms with E-state index < -0.39 is 0 Å². The zero-order chi connectivity index (χ0) is 18.9. The van der Waals surface area contributed by atoms with Gasteiger partial charge in [-0.05, 0) is 42.4 Å². The van der Waals surface area contributed by atoms with E-state index in [2.05, 4.69) is 5.32 Å². The number of hydrogen-bond acceptors (Lipinski definition) is 5. The number of likely N-dealkylation sites (N-methyl/N-ethyl adjacent to an activating group) is 1. The van der Waals surface area contributed by atoms with Crippen molar-refractivity contribution in [2.45, 2.75) is 13.1 Å². The van der Waals surface area contributed by atoms with Crippen LogP contribution in [0.3, 0.4) is 0 Å². The average Bonchev–Trinajstić information content (AvgIpc) is 2.66. The Bertz CT molecular complexity index is 734. The van der Waals surface area contributed by atoms with Crippen molar-refractivity contribution < 1.29 is 19.0 Å². The van der Waals surface area contributed by atoms with Gasteiger partial charge in [-0.25, -0.2) is 0 Å². The lowest BCUT2D eigenvalue weighted by Gasteiger charge is -2.17. The van der Waals surface area contributed by atoms with E-state index in [4.69, 9.17) is 14.2 Å². The van der Waals surface area contributed by atoms with Crippen molar-refractivity contribution in [3.8, 4) is 17.2 Å². The lowest BCUT2D eigenvalue weighted by Crippen LogP contribution is -2.34. The largest absolute Gasteiger partial charge is 0.497 e. The summed E-state index contributed by atoms with van der Waals surface area (Å²) in [5.41, 5.74) is 2.05. The zero-order valence-corrected chi connectivity index (χ0v) is 15.7. The van der Waals surface area contributed by atoms with Crippen LogP contribution in [0.15, 0.2) is 42.5 Å². The predicted octanol–water partition coefficient (Wildman–Crippen LogP) is 2.46. The van der Waals surface area contributed by atoms with Gasteiger partial charge in [-0.15, -0.1) is 0 Å². The van der Waals surface area contributed by atoms with Crippen LogP contribution in [0.25, 0.3) is 0 Å². The molecular formula is C20H26N2O4. The number of benzene rings is 2. The minimum Gasteiger partial charge on any atom is -0.497 e. The lowest BCUT2D eigenvalue weighted by molar-refractivity contribution is -0.122. The molecule has 2 rings (SSSR count). The van der Waals surface area contributed by atoms with Crippen molar-refractivity contribution in [1.82, 2.24) is 10.2 Å². The molecule has 0 atom stereocenters. The Balaban J connectivity index is 1.84. The number of rotatable bonds is 9. The maximum Gasteiger partial charge on any atom is 0.234 e. The first-order valence-corrected chi connectivity index (χ1v) is 8.34. The molecule has 0 aliphatic heterocycles. The quantitative estimate of drug-likeness (QED) is 0.746. The normalized spacial score (nSPS) is 10.5. The minimum absolute atomic E-state index is 0.0369. The summed E-state index contributed by atoms with van der Waals surface area (Å²) >= 11 is 0. The van der Waals surface area contributed by atoms with E-state index in [1.54, 1.807) is 21.3 Å². The zero-order valence-electron chi connectivity index (χ0n) is 15.7. The van der Waals surface area contributed by atoms with Gasteiger partial charge < -0.3 is 19.5 Å². The third-order valence-corrected chi connectivity index (χ3v) is 3.94. The van der Waals surface area contributed by atoms with E-state index in [-0.39, 0.29) is 5.91 Å². The summed E-state index contributed by atoms with van der Waals surface area (Å²) in [6.07, 6.45) is 0. The van der Waals surface area contributed by atoms with Gasteiger partial charge in [0.15, 0.2) is 11.5 Å². The summed E-state index contributed by atoms with van der Waals surface area (Å²) in [5, 5.41) is 2.93. The van der Waals surface area contributed by atoms with E-state index in [1.165, 1.54) is 0 Å². The Hall–Kier alpha value is -2.73. The Morgan fingerprint density at radius 3 is 2.42 bits per heavy atom. The highest BCUT2D eigenvalue weighted by molar-refractivity contribution is 5.78. The molecule has 0 fully saturated rings. The van der Waals surface area contributed by atoms with Gasteiger partial charge in [0.2, 0.25) is 5.91 Å². The molecule has 2 aromatic rings. The van der Waals surface area contributed by atoms with Crippen LogP contribution in [0.1, 0.15) is 11.1 Å². The van der Waals surface area contributed by atoms with E-state index in [0.29, 0.717) is 31.1 Å². The number of ether oxygens (including phenoxy) is 3. The fourth-order valence-corrected chi connectivity index (χ4v) is 2.63. The number of carbonyl (C=O) groups is 1. The molecule has 0 radical (unpaired) electrons. The Labute approximate surface area is 154 Å². The van der Waals surface area contributed by atoms with Crippen LogP contribution in [0.2, 0.25) is 0 Å². The topological polar surface area (TPSA) is 60.0 Å². The smallest absolute Gasteiger partial charge is 0.234 e. The fourth-order valence-electron chi connectivity index (χ4n) is 2.63. The number of carbonyl (C=O) groups excluding carboxylic acids is 1. The molecule has 0 aliphatic carbocycles. The third-order valence-electron chi connectivity index (χ3n) is 3.94. The highest BCUT2D eigenvalue weighted by Gasteiger charge is 2.09. The Kier molecular flexibility index (Phi) is 7.29. The summed E-state index contributed by atoms with van der Waals surface area (Å²) in [7, 11) is 6.74. The van der Waals surface area contributed by atoms with Crippen LogP contribution in [-0.2, 0) is 17.9 Å². The lowest BCUT2D eigenvalue weighted by atomic mass is 10.2. The summed E-state index contributed by atoms with van der Waals surface area (Å²) in [6, 6.07) is 13.4. The van der Waals surface area contributed by atoms with E-state index in [1.807, 2.05) is 54.4 Å². The van der Waals surface area contributed by atoms with Crippen molar-refractivity contribution in [1.29, 1.82) is 0 Å². The van der Waals surface area contributed by atoms with Crippen molar-refractivity contribution >= 4 is 5.91 Å². The minimum atomic E-state index is -0.0369. The number of nitrogens with one attached hydrogen (secondary N) is 1. The van der Waals surface area contributed by atoms with Gasteiger partial charge in [-0.2, -0.15) is 0 Å². The number of nitrogens with zero attached hydrogens (tertiary/aromatic N) is 1. The van der Waals surface area contributed by atoms with E-state index in [0.717, 1.165) is 16.9 Å². The molecule has 1 N–H and O–H groups in total. The van der Waals surface area contributed by atoms with E-state index in [9.17, 15) is 4.79 Å². The SMILES string of the molecule is COc1cccc(CN(C)CC(=O)NCc2ccc(OC)c(OC)c2)c1. The van der Waals surface area contributed by atoms with Crippen molar-refractivity contribution in [2.75, 3.05) is 34.9 Å². The van der Waals surface area contributed by atoms with Crippen LogP contribution >= 0.6 is 0 Å². The van der Waals surface area contributed by atoms with Gasteiger partial charge in [0.1, 0.15) is 5.75 Å². The first-order valence-electron chi connectivity index (χ1n) is 8.34. The molecule has 140 valence electrons. The number of hydrogen-bond donors (Lipinski definition) is 1. The highest BCUT2D eigenvalue weighted by Crippen LogP contribution is 2.27. The molecule has 0 saturated heterocycles. The third kappa shape index (κ3) is 5.67. The molecule has 0 bridgehead atoms. The van der Waals surface area contributed by atoms with E-state index >= 15 is 0 Å². The Morgan fingerprint density at radius 2 is 1.73 bits per heavy atom. The molecule has 0 aliphatic rings. The molecule has 0 unspecified atom stereocenters. The molecule has 0 spiro atoms. The van der Waals surface area contributed by atoms with Crippen LogP contribution in [0.4, 0.5) is 0 Å². The summed E-state index contributed by atoms with van der Waals surface area (Å²) in [4.78, 5) is 14.1. The first kappa shape index (κ1) is 19.6. The summed E-state index contributed by atoms with van der Waals surface area (Å²) in [5.74, 6) is 2.09. The molecule has 6 heteroatoms. The van der Waals surface area contributed by atoms with Crippen molar-refractivity contribution in [3.05, 3.63) is 53.6 Å². The molecule has 0 heterocycles.